The zero-order valence-corrected chi connectivity index (χ0v) is 13.2. The molecule has 0 aliphatic rings. The fourth-order valence-corrected chi connectivity index (χ4v) is 1.88. The van der Waals surface area contributed by atoms with Crippen molar-refractivity contribution in [3.05, 3.63) is 59.7 Å². The van der Waals surface area contributed by atoms with Crippen LogP contribution in [0.5, 0.6) is 11.5 Å². The third kappa shape index (κ3) is 4.57. The minimum atomic E-state index is -0.473. The highest BCUT2D eigenvalue weighted by molar-refractivity contribution is 5.97. The van der Waals surface area contributed by atoms with Crippen LogP contribution in [-0.4, -0.2) is 23.3 Å². The van der Waals surface area contributed by atoms with Gasteiger partial charge >= 0.3 is 0 Å². The fourth-order valence-electron chi connectivity index (χ4n) is 1.88. The summed E-state index contributed by atoms with van der Waals surface area (Å²) in [5, 5.41) is 13.6. The standard InChI is InChI=1S/C18H20N2O3/c1-3-13(2)23-17-11-7-4-8-14(17)12-19-20-18(22)15-9-5-6-10-16(15)21/h4-13,21H,3H2,1-2H3,(H,20,22)/b19-12+/t13-/m0/s1. The van der Waals surface area contributed by atoms with Crippen molar-refractivity contribution in [3.8, 4) is 11.5 Å². The van der Waals surface area contributed by atoms with Crippen LogP contribution in [0.4, 0.5) is 0 Å². The summed E-state index contributed by atoms with van der Waals surface area (Å²) in [6.07, 6.45) is 2.52. The van der Waals surface area contributed by atoms with E-state index in [4.69, 9.17) is 4.74 Å². The number of phenolic OH excluding ortho intramolecular Hbond substituents is 1. The Hall–Kier alpha value is -2.82. The molecule has 0 fully saturated rings. The first kappa shape index (κ1) is 16.5. The van der Waals surface area contributed by atoms with E-state index in [9.17, 15) is 9.90 Å². The Kier molecular flexibility index (Phi) is 5.74. The molecule has 5 heteroatoms. The maximum absolute atomic E-state index is 11.9. The molecule has 5 nitrogen and oxygen atoms in total. The number of ether oxygens (including phenoxy) is 1. The van der Waals surface area contributed by atoms with Crippen molar-refractivity contribution >= 4 is 12.1 Å². The third-order valence-corrected chi connectivity index (χ3v) is 3.34. The summed E-state index contributed by atoms with van der Waals surface area (Å²) in [6.45, 7) is 4.04. The van der Waals surface area contributed by atoms with Crippen LogP contribution in [0, 0.1) is 0 Å². The van der Waals surface area contributed by atoms with Gasteiger partial charge in [-0.05, 0) is 37.6 Å². The molecular weight excluding hydrogens is 292 g/mol. The molecule has 0 saturated heterocycles. The van der Waals surface area contributed by atoms with Crippen LogP contribution in [0.1, 0.15) is 36.2 Å². The Morgan fingerprint density at radius 1 is 1.26 bits per heavy atom. The molecule has 0 radical (unpaired) electrons. The summed E-state index contributed by atoms with van der Waals surface area (Å²) in [6, 6.07) is 13.8. The van der Waals surface area contributed by atoms with Crippen LogP contribution >= 0.6 is 0 Å². The van der Waals surface area contributed by atoms with Gasteiger partial charge in [0.1, 0.15) is 11.5 Å². The van der Waals surface area contributed by atoms with E-state index in [0.29, 0.717) is 5.75 Å². The lowest BCUT2D eigenvalue weighted by atomic mass is 10.2. The number of amides is 1. The van der Waals surface area contributed by atoms with E-state index in [0.717, 1.165) is 12.0 Å². The van der Waals surface area contributed by atoms with Gasteiger partial charge in [-0.25, -0.2) is 5.43 Å². The van der Waals surface area contributed by atoms with Crippen LogP contribution < -0.4 is 10.2 Å². The van der Waals surface area contributed by atoms with Gasteiger partial charge in [-0.1, -0.05) is 31.2 Å². The van der Waals surface area contributed by atoms with Gasteiger partial charge in [0.25, 0.3) is 5.91 Å². The van der Waals surface area contributed by atoms with Crippen LogP contribution in [0.3, 0.4) is 0 Å². The summed E-state index contributed by atoms with van der Waals surface area (Å²) in [5.74, 6) is 0.155. The highest BCUT2D eigenvalue weighted by Crippen LogP contribution is 2.18. The predicted octanol–water partition coefficient (Wildman–Crippen LogP) is 3.33. The molecule has 1 atom stereocenters. The van der Waals surface area contributed by atoms with Gasteiger partial charge in [0, 0.05) is 5.56 Å². The average molecular weight is 312 g/mol. The molecule has 0 bridgehead atoms. The number of hydrogen-bond donors (Lipinski definition) is 2. The first-order valence-electron chi connectivity index (χ1n) is 7.49. The number of rotatable bonds is 6. The number of para-hydroxylation sites is 2. The van der Waals surface area contributed by atoms with Crippen LogP contribution in [-0.2, 0) is 0 Å². The Balaban J connectivity index is 2.06. The molecular formula is C18H20N2O3. The van der Waals surface area contributed by atoms with Gasteiger partial charge in [0.15, 0.2) is 0 Å². The summed E-state index contributed by atoms with van der Waals surface area (Å²) in [7, 11) is 0. The molecule has 0 unspecified atom stereocenters. The quantitative estimate of drug-likeness (QED) is 0.635. The fraction of sp³-hybridized carbons (Fsp3) is 0.222. The third-order valence-electron chi connectivity index (χ3n) is 3.34. The molecule has 2 rings (SSSR count). The van der Waals surface area contributed by atoms with Crippen molar-refractivity contribution in [2.45, 2.75) is 26.4 Å². The van der Waals surface area contributed by atoms with E-state index in [1.165, 1.54) is 18.3 Å². The SMILES string of the molecule is CC[C@H](C)Oc1ccccc1/C=N/NC(=O)c1ccccc1O. The van der Waals surface area contributed by atoms with E-state index in [2.05, 4.69) is 10.5 Å². The molecule has 2 N–H and O–H groups in total. The largest absolute Gasteiger partial charge is 0.507 e. The molecule has 2 aromatic rings. The zero-order chi connectivity index (χ0) is 16.7. The molecule has 0 aromatic heterocycles. The number of hydrogen-bond acceptors (Lipinski definition) is 4. The monoisotopic (exact) mass is 312 g/mol. The van der Waals surface area contributed by atoms with Crippen LogP contribution in [0.15, 0.2) is 53.6 Å². The number of carbonyl (C=O) groups is 1. The normalized spacial score (nSPS) is 12.1. The Bertz CT molecular complexity index is 698. The second kappa shape index (κ2) is 7.98. The van der Waals surface area contributed by atoms with Crippen LogP contribution in [0.2, 0.25) is 0 Å². The van der Waals surface area contributed by atoms with Crippen LogP contribution in [0.25, 0.3) is 0 Å². The number of nitrogens with one attached hydrogen (secondary N) is 1. The molecule has 23 heavy (non-hydrogen) atoms. The van der Waals surface area contributed by atoms with Crippen molar-refractivity contribution < 1.29 is 14.6 Å². The molecule has 0 heterocycles. The highest BCUT2D eigenvalue weighted by Gasteiger charge is 2.09. The Morgan fingerprint density at radius 3 is 2.70 bits per heavy atom. The average Bonchev–Trinajstić information content (AvgIpc) is 2.56. The lowest BCUT2D eigenvalue weighted by Gasteiger charge is -2.14. The van der Waals surface area contributed by atoms with E-state index in [1.807, 2.05) is 38.1 Å². The maximum Gasteiger partial charge on any atom is 0.275 e. The molecule has 0 saturated carbocycles. The molecule has 120 valence electrons. The van der Waals surface area contributed by atoms with Crippen molar-refractivity contribution in [1.29, 1.82) is 0 Å². The van der Waals surface area contributed by atoms with E-state index in [-0.39, 0.29) is 17.4 Å². The summed E-state index contributed by atoms with van der Waals surface area (Å²) >= 11 is 0. The molecule has 0 aliphatic heterocycles. The van der Waals surface area contributed by atoms with Gasteiger partial charge < -0.3 is 9.84 Å². The first-order valence-corrected chi connectivity index (χ1v) is 7.49. The number of nitrogens with zero attached hydrogens (tertiary/aromatic N) is 1. The first-order chi connectivity index (χ1) is 11.1. The summed E-state index contributed by atoms with van der Waals surface area (Å²) in [4.78, 5) is 11.9. The van der Waals surface area contributed by atoms with Gasteiger partial charge in [-0.15, -0.1) is 0 Å². The van der Waals surface area contributed by atoms with Crippen molar-refractivity contribution in [1.82, 2.24) is 5.43 Å². The lowest BCUT2D eigenvalue weighted by Crippen LogP contribution is -2.18. The summed E-state index contributed by atoms with van der Waals surface area (Å²) < 4.78 is 5.81. The Morgan fingerprint density at radius 2 is 1.96 bits per heavy atom. The number of hydrazone groups is 1. The van der Waals surface area contributed by atoms with Gasteiger partial charge in [0.2, 0.25) is 0 Å². The zero-order valence-electron chi connectivity index (χ0n) is 13.2. The number of phenols is 1. The highest BCUT2D eigenvalue weighted by atomic mass is 16.5. The van der Waals surface area contributed by atoms with Gasteiger partial charge in [-0.2, -0.15) is 5.10 Å². The Labute approximate surface area is 135 Å². The van der Waals surface area contributed by atoms with E-state index < -0.39 is 5.91 Å². The van der Waals surface area contributed by atoms with Gasteiger partial charge in [0.05, 0.1) is 17.9 Å². The minimum Gasteiger partial charge on any atom is -0.507 e. The van der Waals surface area contributed by atoms with Crippen molar-refractivity contribution in [2.75, 3.05) is 0 Å². The van der Waals surface area contributed by atoms with Crippen molar-refractivity contribution in [3.63, 3.8) is 0 Å². The second-order valence-corrected chi connectivity index (χ2v) is 5.09. The lowest BCUT2D eigenvalue weighted by molar-refractivity contribution is 0.0952. The summed E-state index contributed by atoms with van der Waals surface area (Å²) in [5.41, 5.74) is 3.34. The van der Waals surface area contributed by atoms with E-state index in [1.54, 1.807) is 12.1 Å². The minimum absolute atomic E-state index is 0.0827. The number of benzene rings is 2. The number of carbonyl (C=O) groups excluding carboxylic acids is 1. The van der Waals surface area contributed by atoms with Gasteiger partial charge in [-0.3, -0.25) is 4.79 Å². The van der Waals surface area contributed by atoms with Crippen molar-refractivity contribution in [2.24, 2.45) is 5.10 Å². The van der Waals surface area contributed by atoms with E-state index >= 15 is 0 Å². The number of aromatic hydroxyl groups is 1. The second-order valence-electron chi connectivity index (χ2n) is 5.09. The molecule has 0 spiro atoms. The molecule has 1 amide bonds. The predicted molar refractivity (Wildman–Crippen MR) is 90.0 cm³/mol. The topological polar surface area (TPSA) is 70.9 Å². The maximum atomic E-state index is 11.9. The molecule has 2 aromatic carbocycles. The molecule has 0 aliphatic carbocycles. The smallest absolute Gasteiger partial charge is 0.275 e.